The number of carboxylic acid groups (broad SMARTS) is 1. The van der Waals surface area contributed by atoms with Crippen molar-refractivity contribution in [2.45, 2.75) is 36.8 Å². The van der Waals surface area contributed by atoms with Gasteiger partial charge < -0.3 is 15.2 Å². The topological polar surface area (TPSA) is 84.3 Å². The summed E-state index contributed by atoms with van der Waals surface area (Å²) in [6.07, 6.45) is 1.21. The molecule has 2 rings (SSSR count). The molecule has 8 heteroatoms. The molecule has 0 amide bonds. The molecule has 0 saturated heterocycles. The quantitative estimate of drug-likeness (QED) is 0.777. The van der Waals surface area contributed by atoms with Gasteiger partial charge in [-0.1, -0.05) is 36.9 Å². The van der Waals surface area contributed by atoms with Crippen molar-refractivity contribution in [2.24, 2.45) is 5.41 Å². The Hall–Kier alpha value is -0.860. The van der Waals surface area contributed by atoms with Gasteiger partial charge in [-0.3, -0.25) is 4.79 Å². The first-order valence-electron chi connectivity index (χ1n) is 5.91. The van der Waals surface area contributed by atoms with Crippen LogP contribution in [0.25, 0.3) is 0 Å². The molecular weight excluding hydrogens is 286 g/mol. The fraction of sp³-hybridized carbons (Fsp3) is 0.727. The first-order valence-corrected chi connectivity index (χ1v) is 7.71. The van der Waals surface area contributed by atoms with Crippen molar-refractivity contribution in [1.29, 1.82) is 0 Å². The Morgan fingerprint density at radius 3 is 2.95 bits per heavy atom. The molecule has 0 radical (unpaired) electrons. The van der Waals surface area contributed by atoms with Crippen LogP contribution < -0.4 is 5.32 Å². The largest absolute Gasteiger partial charge is 0.481 e. The lowest BCUT2D eigenvalue weighted by atomic mass is 9.64. The van der Waals surface area contributed by atoms with Gasteiger partial charge in [-0.25, -0.2) is 0 Å². The van der Waals surface area contributed by atoms with Crippen LogP contribution in [0.15, 0.2) is 4.34 Å². The Bertz CT molecular complexity index is 464. The summed E-state index contributed by atoms with van der Waals surface area (Å²) >= 11 is 2.58. The number of aromatic nitrogens is 2. The van der Waals surface area contributed by atoms with Gasteiger partial charge in [0.25, 0.3) is 0 Å². The van der Waals surface area contributed by atoms with Gasteiger partial charge >= 0.3 is 5.97 Å². The maximum absolute atomic E-state index is 10.5. The zero-order valence-corrected chi connectivity index (χ0v) is 12.7. The maximum Gasteiger partial charge on any atom is 0.313 e. The van der Waals surface area contributed by atoms with Gasteiger partial charge in [-0.15, -0.1) is 10.2 Å². The fourth-order valence-electron chi connectivity index (χ4n) is 2.13. The van der Waals surface area contributed by atoms with E-state index in [0.717, 1.165) is 11.6 Å². The van der Waals surface area contributed by atoms with E-state index in [4.69, 9.17) is 9.84 Å². The van der Waals surface area contributed by atoms with Gasteiger partial charge in [0.05, 0.1) is 11.9 Å². The molecule has 1 saturated carbocycles. The molecule has 1 aliphatic rings. The Morgan fingerprint density at radius 2 is 2.37 bits per heavy atom. The molecule has 0 aliphatic heterocycles. The van der Waals surface area contributed by atoms with Gasteiger partial charge in [0.15, 0.2) is 4.34 Å². The van der Waals surface area contributed by atoms with Crippen molar-refractivity contribution >= 4 is 34.2 Å². The van der Waals surface area contributed by atoms with E-state index in [2.05, 4.69) is 29.4 Å². The predicted molar refractivity (Wildman–Crippen MR) is 74.9 cm³/mol. The molecule has 0 aromatic carbocycles. The maximum atomic E-state index is 10.5. The molecule has 0 bridgehead atoms. The average molecular weight is 303 g/mol. The smallest absolute Gasteiger partial charge is 0.313 e. The van der Waals surface area contributed by atoms with Crippen LogP contribution in [0.3, 0.4) is 0 Å². The number of hydrogen-bond donors (Lipinski definition) is 2. The molecule has 2 atom stereocenters. The number of thioether (sulfide) groups is 1. The van der Waals surface area contributed by atoms with Crippen molar-refractivity contribution in [3.8, 4) is 0 Å². The number of aliphatic carboxylic acids is 1. The number of ether oxygens (including phenoxy) is 1. The molecule has 1 aliphatic carbocycles. The zero-order valence-electron chi connectivity index (χ0n) is 11.0. The zero-order chi connectivity index (χ0) is 14.0. The number of anilines is 1. The Balaban J connectivity index is 1.89. The van der Waals surface area contributed by atoms with Gasteiger partial charge in [-0.05, 0) is 6.42 Å². The standard InChI is InChI=1S/C11H17N3O3S2/c1-11(2)6(4-7(11)17-3)12-9-13-14-10(19-9)18-5-8(15)16/h6-7H,4-5H2,1-3H3,(H,12,13)(H,15,16). The fourth-order valence-corrected chi connectivity index (χ4v) is 3.65. The van der Waals surface area contributed by atoms with Crippen molar-refractivity contribution in [3.63, 3.8) is 0 Å². The molecule has 19 heavy (non-hydrogen) atoms. The molecule has 1 aromatic rings. The van der Waals surface area contributed by atoms with Gasteiger partial charge in [0, 0.05) is 18.6 Å². The van der Waals surface area contributed by atoms with Crippen LogP contribution in [0.1, 0.15) is 20.3 Å². The normalized spacial score (nSPS) is 24.8. The van der Waals surface area contributed by atoms with E-state index >= 15 is 0 Å². The number of nitrogens with zero attached hydrogens (tertiary/aromatic N) is 2. The molecule has 106 valence electrons. The lowest BCUT2D eigenvalue weighted by Crippen LogP contribution is -2.57. The Labute approximate surface area is 120 Å². The van der Waals surface area contributed by atoms with Crippen LogP contribution in [-0.2, 0) is 9.53 Å². The SMILES string of the molecule is COC1CC(Nc2nnc(SCC(=O)O)s2)C1(C)C. The van der Waals surface area contributed by atoms with E-state index in [1.807, 2.05) is 0 Å². The molecule has 1 heterocycles. The molecule has 2 N–H and O–H groups in total. The Kier molecular flexibility index (Phi) is 4.32. The predicted octanol–water partition coefficient (Wildman–Crippen LogP) is 1.94. The number of carbonyl (C=O) groups is 1. The lowest BCUT2D eigenvalue weighted by molar-refractivity contribution is -0.133. The lowest BCUT2D eigenvalue weighted by Gasteiger charge is -2.51. The Morgan fingerprint density at radius 1 is 1.63 bits per heavy atom. The van der Waals surface area contributed by atoms with E-state index in [0.29, 0.717) is 10.4 Å². The molecular formula is C11H17N3O3S2. The molecule has 6 nitrogen and oxygen atoms in total. The highest BCUT2D eigenvalue weighted by molar-refractivity contribution is 8.01. The van der Waals surface area contributed by atoms with Gasteiger partial charge in [-0.2, -0.15) is 0 Å². The second kappa shape index (κ2) is 5.64. The number of nitrogens with one attached hydrogen (secondary N) is 1. The van der Waals surface area contributed by atoms with E-state index in [-0.39, 0.29) is 17.3 Å². The van der Waals surface area contributed by atoms with Crippen molar-refractivity contribution in [1.82, 2.24) is 10.2 Å². The molecule has 2 unspecified atom stereocenters. The molecule has 1 fully saturated rings. The summed E-state index contributed by atoms with van der Waals surface area (Å²) in [5.41, 5.74) is 0.0643. The summed E-state index contributed by atoms with van der Waals surface area (Å²) in [7, 11) is 1.73. The highest BCUT2D eigenvalue weighted by Gasteiger charge is 2.48. The van der Waals surface area contributed by atoms with Crippen LogP contribution in [-0.4, -0.2) is 46.3 Å². The van der Waals surface area contributed by atoms with Crippen molar-refractivity contribution < 1.29 is 14.6 Å². The summed E-state index contributed by atoms with van der Waals surface area (Å²) in [6, 6.07) is 0.308. The number of rotatable bonds is 6. The van der Waals surface area contributed by atoms with Crippen LogP contribution in [0, 0.1) is 5.41 Å². The van der Waals surface area contributed by atoms with Gasteiger partial charge in [0.1, 0.15) is 0 Å². The number of methoxy groups -OCH3 is 1. The summed E-state index contributed by atoms with van der Waals surface area (Å²) in [6.45, 7) is 4.31. The number of hydrogen-bond acceptors (Lipinski definition) is 7. The van der Waals surface area contributed by atoms with E-state index in [1.54, 1.807) is 7.11 Å². The van der Waals surface area contributed by atoms with E-state index in [1.165, 1.54) is 23.1 Å². The average Bonchev–Trinajstić information content (AvgIpc) is 2.79. The third-order valence-corrected chi connectivity index (χ3v) is 5.46. The first-order chi connectivity index (χ1) is 8.93. The van der Waals surface area contributed by atoms with E-state index < -0.39 is 5.97 Å². The minimum absolute atomic E-state index is 0.00923. The monoisotopic (exact) mass is 303 g/mol. The minimum atomic E-state index is -0.849. The minimum Gasteiger partial charge on any atom is -0.481 e. The highest BCUT2D eigenvalue weighted by atomic mass is 32.2. The third-order valence-electron chi connectivity index (χ3n) is 3.49. The summed E-state index contributed by atoms with van der Waals surface area (Å²) in [5.74, 6) is -0.840. The molecule has 0 spiro atoms. The second-order valence-electron chi connectivity index (χ2n) is 5.03. The van der Waals surface area contributed by atoms with Crippen molar-refractivity contribution in [2.75, 3.05) is 18.2 Å². The first kappa shape index (κ1) is 14.5. The second-order valence-corrected chi connectivity index (χ2v) is 7.23. The third kappa shape index (κ3) is 3.18. The highest BCUT2D eigenvalue weighted by Crippen LogP contribution is 2.44. The van der Waals surface area contributed by atoms with Crippen LogP contribution >= 0.6 is 23.1 Å². The van der Waals surface area contributed by atoms with Crippen LogP contribution in [0.5, 0.6) is 0 Å². The van der Waals surface area contributed by atoms with E-state index in [9.17, 15) is 4.79 Å². The van der Waals surface area contributed by atoms with Crippen LogP contribution in [0.2, 0.25) is 0 Å². The summed E-state index contributed by atoms with van der Waals surface area (Å²) in [5, 5.41) is 20.7. The summed E-state index contributed by atoms with van der Waals surface area (Å²) < 4.78 is 6.07. The van der Waals surface area contributed by atoms with Gasteiger partial charge in [0.2, 0.25) is 5.13 Å². The van der Waals surface area contributed by atoms with Crippen LogP contribution in [0.4, 0.5) is 5.13 Å². The van der Waals surface area contributed by atoms with Crippen molar-refractivity contribution in [3.05, 3.63) is 0 Å². The number of carboxylic acids is 1. The molecule has 1 aromatic heterocycles. The summed E-state index contributed by atoms with van der Waals surface area (Å²) in [4.78, 5) is 10.5.